The lowest BCUT2D eigenvalue weighted by Crippen LogP contribution is -2.51. The summed E-state index contributed by atoms with van der Waals surface area (Å²) in [7, 11) is 0. The van der Waals surface area contributed by atoms with Crippen molar-refractivity contribution in [3.05, 3.63) is 59.7 Å². The summed E-state index contributed by atoms with van der Waals surface area (Å²) in [6.07, 6.45) is 1.38. The Hall–Kier alpha value is -3.39. The number of carbonyl (C=O) groups is 3. The van der Waals surface area contributed by atoms with Crippen molar-refractivity contribution in [2.45, 2.75) is 43.7 Å². The van der Waals surface area contributed by atoms with E-state index in [1.54, 1.807) is 4.90 Å². The second kappa shape index (κ2) is 10.1. The van der Waals surface area contributed by atoms with E-state index < -0.39 is 24.5 Å². The lowest BCUT2D eigenvalue weighted by Gasteiger charge is -2.29. The number of carboxylic acids is 1. The van der Waals surface area contributed by atoms with Gasteiger partial charge in [0, 0.05) is 31.0 Å². The highest BCUT2D eigenvalue weighted by atomic mass is 16.5. The number of fused-ring (bicyclic) bond motifs is 3. The Kier molecular flexibility index (Phi) is 6.72. The molecule has 1 saturated heterocycles. The van der Waals surface area contributed by atoms with Crippen molar-refractivity contribution in [1.82, 2.24) is 10.2 Å². The molecule has 5 rings (SSSR count). The molecule has 184 valence electrons. The highest BCUT2D eigenvalue weighted by molar-refractivity contribution is 5.89. The topological polar surface area (TPSA) is 105 Å². The summed E-state index contributed by atoms with van der Waals surface area (Å²) in [5.41, 5.74) is 4.40. The largest absolute Gasteiger partial charge is 0.481 e. The van der Waals surface area contributed by atoms with E-state index in [0.717, 1.165) is 41.5 Å². The number of alkyl carbamates (subject to hydrolysis) is 1. The van der Waals surface area contributed by atoms with Crippen molar-refractivity contribution >= 4 is 18.0 Å². The van der Waals surface area contributed by atoms with Crippen LogP contribution >= 0.6 is 0 Å². The Labute approximate surface area is 204 Å². The molecule has 1 aliphatic heterocycles. The molecule has 0 radical (unpaired) electrons. The number of nitrogens with one attached hydrogen (secondary N) is 1. The van der Waals surface area contributed by atoms with Crippen molar-refractivity contribution in [1.29, 1.82) is 0 Å². The van der Waals surface area contributed by atoms with Gasteiger partial charge in [0.15, 0.2) is 0 Å². The normalized spacial score (nSPS) is 19.5. The van der Waals surface area contributed by atoms with E-state index in [9.17, 15) is 19.5 Å². The molecule has 2 amide bonds. The maximum atomic E-state index is 13.3. The Morgan fingerprint density at radius 2 is 1.69 bits per heavy atom. The average molecular weight is 479 g/mol. The van der Waals surface area contributed by atoms with Crippen molar-refractivity contribution in [3.8, 4) is 11.1 Å². The van der Waals surface area contributed by atoms with E-state index in [1.165, 1.54) is 0 Å². The molecule has 0 aromatic heterocycles. The molecule has 35 heavy (non-hydrogen) atoms. The highest BCUT2D eigenvalue weighted by Gasteiger charge is 2.39. The fraction of sp³-hybridized carbons (Fsp3) is 0.444. The van der Waals surface area contributed by atoms with Crippen molar-refractivity contribution in [2.24, 2.45) is 5.92 Å². The molecule has 1 saturated carbocycles. The summed E-state index contributed by atoms with van der Waals surface area (Å²) in [5.74, 6) is -1.40. The summed E-state index contributed by atoms with van der Waals surface area (Å²) >= 11 is 0. The first kappa shape index (κ1) is 23.4. The maximum absolute atomic E-state index is 13.3. The van der Waals surface area contributed by atoms with Gasteiger partial charge in [-0.2, -0.15) is 0 Å². The van der Waals surface area contributed by atoms with Crippen LogP contribution in [0.1, 0.15) is 42.7 Å². The molecule has 2 fully saturated rings. The van der Waals surface area contributed by atoms with E-state index in [1.807, 2.05) is 36.4 Å². The van der Waals surface area contributed by atoms with E-state index >= 15 is 0 Å². The third-order valence-corrected chi connectivity index (χ3v) is 7.06. The number of hydrogen-bond donors (Lipinski definition) is 2. The molecule has 8 heteroatoms. The Morgan fingerprint density at radius 3 is 2.26 bits per heavy atom. The fourth-order valence-corrected chi connectivity index (χ4v) is 5.17. The van der Waals surface area contributed by atoms with E-state index in [-0.39, 0.29) is 30.4 Å². The van der Waals surface area contributed by atoms with Crippen LogP contribution in [-0.4, -0.2) is 66.4 Å². The number of hydrogen-bond acceptors (Lipinski definition) is 5. The minimum absolute atomic E-state index is 0.0968. The molecular formula is C27H30N2O6. The Balaban J connectivity index is 1.25. The van der Waals surface area contributed by atoms with Gasteiger partial charge in [-0.25, -0.2) is 4.79 Å². The van der Waals surface area contributed by atoms with E-state index in [0.29, 0.717) is 19.8 Å². The van der Waals surface area contributed by atoms with Gasteiger partial charge in [0.25, 0.3) is 0 Å². The zero-order valence-corrected chi connectivity index (χ0v) is 19.5. The molecule has 0 spiro atoms. The SMILES string of the molecule is O=C(O)CC(NC(=O)OCC1c2ccccc2-c2ccccc21)C(=O)N(CC1CCOC1)C1CC1. The summed E-state index contributed by atoms with van der Waals surface area (Å²) in [6, 6.07) is 15.0. The molecule has 2 atom stereocenters. The third kappa shape index (κ3) is 5.17. The zero-order valence-electron chi connectivity index (χ0n) is 19.5. The quantitative estimate of drug-likeness (QED) is 0.572. The van der Waals surface area contributed by atoms with Crippen LogP contribution in [0.25, 0.3) is 11.1 Å². The van der Waals surface area contributed by atoms with Crippen molar-refractivity contribution in [2.75, 3.05) is 26.4 Å². The van der Waals surface area contributed by atoms with Crippen LogP contribution in [0.4, 0.5) is 4.79 Å². The van der Waals surface area contributed by atoms with E-state index in [2.05, 4.69) is 17.4 Å². The predicted octanol–water partition coefficient (Wildman–Crippen LogP) is 3.40. The van der Waals surface area contributed by atoms with Gasteiger partial charge in [-0.05, 0) is 41.5 Å². The molecule has 2 aromatic carbocycles. The van der Waals surface area contributed by atoms with Crippen LogP contribution in [-0.2, 0) is 19.1 Å². The number of carboxylic acid groups (broad SMARTS) is 1. The Morgan fingerprint density at radius 1 is 1.03 bits per heavy atom. The first-order valence-electron chi connectivity index (χ1n) is 12.2. The number of ether oxygens (including phenoxy) is 2. The minimum atomic E-state index is -1.17. The van der Waals surface area contributed by atoms with Gasteiger partial charge in [0.1, 0.15) is 12.6 Å². The lowest BCUT2D eigenvalue weighted by atomic mass is 9.98. The fourth-order valence-electron chi connectivity index (χ4n) is 5.17. The lowest BCUT2D eigenvalue weighted by molar-refractivity contribution is -0.143. The molecule has 3 aliphatic rings. The highest BCUT2D eigenvalue weighted by Crippen LogP contribution is 2.44. The van der Waals surface area contributed by atoms with Crippen LogP contribution in [0.5, 0.6) is 0 Å². The number of aliphatic carboxylic acids is 1. The predicted molar refractivity (Wildman–Crippen MR) is 128 cm³/mol. The number of amides is 2. The summed E-state index contributed by atoms with van der Waals surface area (Å²) < 4.78 is 11.0. The van der Waals surface area contributed by atoms with Gasteiger partial charge in [-0.15, -0.1) is 0 Å². The second-order valence-electron chi connectivity index (χ2n) is 9.57. The smallest absolute Gasteiger partial charge is 0.407 e. The molecule has 1 heterocycles. The summed E-state index contributed by atoms with van der Waals surface area (Å²) in [4.78, 5) is 39.3. The van der Waals surface area contributed by atoms with Crippen LogP contribution in [0.3, 0.4) is 0 Å². The van der Waals surface area contributed by atoms with Gasteiger partial charge >= 0.3 is 12.1 Å². The molecule has 2 unspecified atom stereocenters. The van der Waals surface area contributed by atoms with E-state index in [4.69, 9.17) is 9.47 Å². The molecule has 2 aromatic rings. The summed E-state index contributed by atoms with van der Waals surface area (Å²) in [5, 5.41) is 11.9. The third-order valence-electron chi connectivity index (χ3n) is 7.06. The van der Waals surface area contributed by atoms with Gasteiger partial charge < -0.3 is 24.8 Å². The summed E-state index contributed by atoms with van der Waals surface area (Å²) in [6.45, 7) is 1.89. The maximum Gasteiger partial charge on any atom is 0.407 e. The van der Waals surface area contributed by atoms with Crippen molar-refractivity contribution in [3.63, 3.8) is 0 Å². The number of carbonyl (C=O) groups excluding carboxylic acids is 2. The molecular weight excluding hydrogens is 448 g/mol. The standard InChI is InChI=1S/C27H30N2O6/c30-25(31)13-24(26(32)29(18-9-10-18)14-17-11-12-34-15-17)28-27(33)35-16-23-21-7-3-1-5-19(21)20-6-2-4-8-22(20)23/h1-8,17-18,23-24H,9-16H2,(H,28,33)(H,30,31). The van der Waals surface area contributed by atoms with Crippen molar-refractivity contribution < 1.29 is 29.0 Å². The molecule has 8 nitrogen and oxygen atoms in total. The molecule has 2 N–H and O–H groups in total. The van der Waals surface area contributed by atoms with Crippen LogP contribution in [0.15, 0.2) is 48.5 Å². The van der Waals surface area contributed by atoms with Gasteiger partial charge in [0.05, 0.1) is 13.0 Å². The van der Waals surface area contributed by atoms with Gasteiger partial charge in [-0.3, -0.25) is 9.59 Å². The monoisotopic (exact) mass is 478 g/mol. The minimum Gasteiger partial charge on any atom is -0.481 e. The number of benzene rings is 2. The Bertz CT molecular complexity index is 1060. The van der Waals surface area contributed by atoms with Crippen LogP contribution < -0.4 is 5.32 Å². The average Bonchev–Trinajstić information content (AvgIpc) is 3.46. The second-order valence-corrected chi connectivity index (χ2v) is 9.57. The molecule has 2 aliphatic carbocycles. The number of rotatable bonds is 9. The molecule has 0 bridgehead atoms. The first-order valence-corrected chi connectivity index (χ1v) is 12.2. The zero-order chi connectivity index (χ0) is 24.4. The van der Waals surface area contributed by atoms with Gasteiger partial charge in [0.2, 0.25) is 5.91 Å². The van der Waals surface area contributed by atoms with Crippen LogP contribution in [0.2, 0.25) is 0 Å². The first-order chi connectivity index (χ1) is 17.0. The van der Waals surface area contributed by atoms with Crippen LogP contribution in [0, 0.1) is 5.92 Å². The number of nitrogens with zero attached hydrogens (tertiary/aromatic N) is 1. The van der Waals surface area contributed by atoms with Gasteiger partial charge in [-0.1, -0.05) is 48.5 Å².